The van der Waals surface area contributed by atoms with Crippen LogP contribution in [0.2, 0.25) is 0 Å². The third-order valence-corrected chi connectivity index (χ3v) is 5.89. The van der Waals surface area contributed by atoms with Crippen LogP contribution in [0.3, 0.4) is 0 Å². The molecule has 0 aromatic heterocycles. The Morgan fingerprint density at radius 3 is 2.03 bits per heavy atom. The van der Waals surface area contributed by atoms with Crippen LogP contribution in [0.4, 0.5) is 17.1 Å². The van der Waals surface area contributed by atoms with E-state index in [0.717, 1.165) is 28.6 Å². The summed E-state index contributed by atoms with van der Waals surface area (Å²) in [6.07, 6.45) is 0. The van der Waals surface area contributed by atoms with Crippen molar-refractivity contribution >= 4 is 44.6 Å². The highest BCUT2D eigenvalue weighted by Gasteiger charge is 2.21. The van der Waals surface area contributed by atoms with E-state index < -0.39 is 0 Å². The zero-order chi connectivity index (χ0) is 20.8. The monoisotopic (exact) mass is 399 g/mol. The van der Waals surface area contributed by atoms with E-state index in [1.807, 2.05) is 0 Å². The van der Waals surface area contributed by atoms with Crippen LogP contribution in [0, 0.1) is 6.92 Å². The predicted octanol–water partition coefficient (Wildman–Crippen LogP) is 7.49. The number of nitrogens with one attached hydrogen (secondary N) is 2. The van der Waals surface area contributed by atoms with Crippen molar-refractivity contribution in [1.29, 1.82) is 0 Å². The van der Waals surface area contributed by atoms with Crippen molar-refractivity contribution < 1.29 is 0 Å². The molecule has 2 N–H and O–H groups in total. The highest BCUT2D eigenvalue weighted by molar-refractivity contribution is 6.19. The van der Waals surface area contributed by atoms with Crippen LogP contribution < -0.4 is 10.6 Å². The van der Waals surface area contributed by atoms with Crippen LogP contribution in [0.25, 0.3) is 32.7 Å². The summed E-state index contributed by atoms with van der Waals surface area (Å²) in [5.74, 6) is 0.717. The lowest BCUT2D eigenvalue weighted by atomic mass is 9.91. The molecular weight excluding hydrogens is 378 g/mol. The van der Waals surface area contributed by atoms with Gasteiger partial charge in [-0.3, -0.25) is 0 Å². The standard InChI is InChI=1S/C28H21N3/c1-18-10-14-21(15-11-18)29-28-30-24-16-12-19-6-2-4-8-22(19)26(24)27-23-9-5-3-7-20(23)13-17-25(27)31-28/h2-17H,1H3,(H2,29,30,31). The third kappa shape index (κ3) is 3.03. The maximum Gasteiger partial charge on any atom is 0.205 e. The van der Waals surface area contributed by atoms with Gasteiger partial charge in [-0.1, -0.05) is 78.4 Å². The second kappa shape index (κ2) is 6.99. The number of benzene rings is 5. The van der Waals surface area contributed by atoms with Gasteiger partial charge in [0.15, 0.2) is 0 Å². The smallest absolute Gasteiger partial charge is 0.205 e. The molecule has 0 radical (unpaired) electrons. The quantitative estimate of drug-likeness (QED) is 0.306. The highest BCUT2D eigenvalue weighted by atomic mass is 15.2. The van der Waals surface area contributed by atoms with Crippen LogP contribution in [0.1, 0.15) is 5.56 Å². The van der Waals surface area contributed by atoms with E-state index in [-0.39, 0.29) is 0 Å². The topological polar surface area (TPSA) is 36.4 Å². The van der Waals surface area contributed by atoms with E-state index in [0.29, 0.717) is 0 Å². The van der Waals surface area contributed by atoms with Gasteiger partial charge in [0.05, 0.1) is 5.69 Å². The lowest BCUT2D eigenvalue weighted by Gasteiger charge is -2.16. The number of anilines is 2. The number of rotatable bonds is 1. The molecule has 148 valence electrons. The molecule has 6 rings (SSSR count). The van der Waals surface area contributed by atoms with Gasteiger partial charge in [-0.05, 0) is 52.7 Å². The van der Waals surface area contributed by atoms with Gasteiger partial charge in [-0.15, -0.1) is 0 Å². The number of hydrogen-bond acceptors (Lipinski definition) is 3. The molecule has 0 amide bonds. The zero-order valence-corrected chi connectivity index (χ0v) is 17.2. The molecule has 0 fully saturated rings. The predicted molar refractivity (Wildman–Crippen MR) is 132 cm³/mol. The van der Waals surface area contributed by atoms with Gasteiger partial charge in [0, 0.05) is 22.5 Å². The molecule has 1 heterocycles. The van der Waals surface area contributed by atoms with E-state index in [9.17, 15) is 0 Å². The molecule has 31 heavy (non-hydrogen) atoms. The lowest BCUT2D eigenvalue weighted by molar-refractivity contribution is 1.45. The van der Waals surface area contributed by atoms with Crippen molar-refractivity contribution in [3.63, 3.8) is 0 Å². The molecule has 1 aliphatic rings. The normalized spacial score (nSPS) is 12.5. The maximum absolute atomic E-state index is 5.02. The molecular formula is C28H21N3. The van der Waals surface area contributed by atoms with Crippen molar-refractivity contribution in [2.45, 2.75) is 6.92 Å². The number of hydrogen-bond donors (Lipinski definition) is 2. The third-order valence-electron chi connectivity index (χ3n) is 5.89. The van der Waals surface area contributed by atoms with Crippen molar-refractivity contribution in [1.82, 2.24) is 0 Å². The summed E-state index contributed by atoms with van der Waals surface area (Å²) < 4.78 is 0. The summed E-state index contributed by atoms with van der Waals surface area (Å²) in [4.78, 5) is 5.02. The fraction of sp³-hybridized carbons (Fsp3) is 0.0357. The van der Waals surface area contributed by atoms with Gasteiger partial charge in [-0.2, -0.15) is 0 Å². The van der Waals surface area contributed by atoms with Gasteiger partial charge in [0.1, 0.15) is 0 Å². The summed E-state index contributed by atoms with van der Waals surface area (Å²) in [6, 6.07) is 34.0. The fourth-order valence-electron chi connectivity index (χ4n) is 4.37. The Morgan fingerprint density at radius 2 is 1.29 bits per heavy atom. The number of fused-ring (bicyclic) bond motifs is 7. The second-order valence-electron chi connectivity index (χ2n) is 7.97. The van der Waals surface area contributed by atoms with Crippen molar-refractivity contribution in [2.75, 3.05) is 10.6 Å². The summed E-state index contributed by atoms with van der Waals surface area (Å²) in [7, 11) is 0. The number of aliphatic imine (C=N–C) groups is 1. The SMILES string of the molecule is Cc1ccc(NC2=Nc3ccc4ccccc4c3-c3c(ccc4ccccc34)N2)cc1. The van der Waals surface area contributed by atoms with Crippen LogP contribution in [-0.4, -0.2) is 5.96 Å². The Hall–Kier alpha value is -4.11. The summed E-state index contributed by atoms with van der Waals surface area (Å²) in [6.45, 7) is 2.09. The van der Waals surface area contributed by atoms with Crippen LogP contribution >= 0.6 is 0 Å². The number of aryl methyl sites for hydroxylation is 1. The highest BCUT2D eigenvalue weighted by Crippen LogP contribution is 2.45. The second-order valence-corrected chi connectivity index (χ2v) is 7.97. The van der Waals surface area contributed by atoms with E-state index >= 15 is 0 Å². The Morgan fingerprint density at radius 1 is 0.645 bits per heavy atom. The summed E-state index contributed by atoms with van der Waals surface area (Å²) in [5.41, 5.74) is 6.59. The van der Waals surface area contributed by atoms with Crippen molar-refractivity contribution in [3.05, 3.63) is 103 Å². The first-order valence-electron chi connectivity index (χ1n) is 10.5. The Kier molecular flexibility index (Phi) is 4.00. The minimum Gasteiger partial charge on any atom is -0.326 e. The van der Waals surface area contributed by atoms with Crippen LogP contribution in [-0.2, 0) is 0 Å². The molecule has 0 atom stereocenters. The maximum atomic E-state index is 5.02. The van der Waals surface area contributed by atoms with Gasteiger partial charge in [0.2, 0.25) is 5.96 Å². The summed E-state index contributed by atoms with van der Waals surface area (Å²) in [5, 5.41) is 11.9. The molecule has 1 aliphatic heterocycles. The average Bonchev–Trinajstić information content (AvgIpc) is 2.97. The number of guanidine groups is 1. The van der Waals surface area contributed by atoms with E-state index in [2.05, 4.69) is 115 Å². The lowest BCUT2D eigenvalue weighted by Crippen LogP contribution is -2.21. The van der Waals surface area contributed by atoms with Gasteiger partial charge in [0.25, 0.3) is 0 Å². The van der Waals surface area contributed by atoms with Crippen molar-refractivity contribution in [2.24, 2.45) is 4.99 Å². The van der Waals surface area contributed by atoms with E-state index in [4.69, 9.17) is 4.99 Å². The molecule has 0 bridgehead atoms. The molecule has 0 unspecified atom stereocenters. The minimum absolute atomic E-state index is 0.717. The zero-order valence-electron chi connectivity index (χ0n) is 17.2. The molecule has 0 saturated carbocycles. The first kappa shape index (κ1) is 17.7. The Balaban J connectivity index is 1.63. The van der Waals surface area contributed by atoms with Gasteiger partial charge in [-0.25, -0.2) is 4.99 Å². The van der Waals surface area contributed by atoms with Crippen LogP contribution in [0.5, 0.6) is 0 Å². The van der Waals surface area contributed by atoms with E-state index in [1.54, 1.807) is 0 Å². The first-order valence-corrected chi connectivity index (χ1v) is 10.5. The summed E-state index contributed by atoms with van der Waals surface area (Å²) >= 11 is 0. The molecule has 0 spiro atoms. The molecule has 5 aromatic rings. The molecule has 3 heteroatoms. The average molecular weight is 399 g/mol. The minimum atomic E-state index is 0.717. The number of nitrogens with zero attached hydrogens (tertiary/aromatic N) is 1. The molecule has 0 aliphatic carbocycles. The Bertz CT molecular complexity index is 1480. The van der Waals surface area contributed by atoms with E-state index in [1.165, 1.54) is 32.7 Å². The van der Waals surface area contributed by atoms with Crippen LogP contribution in [0.15, 0.2) is 102 Å². The van der Waals surface area contributed by atoms with Crippen molar-refractivity contribution in [3.8, 4) is 11.1 Å². The van der Waals surface area contributed by atoms with Gasteiger partial charge >= 0.3 is 0 Å². The Labute approximate surface area is 181 Å². The molecule has 3 nitrogen and oxygen atoms in total. The van der Waals surface area contributed by atoms with Gasteiger partial charge < -0.3 is 10.6 Å². The fourth-order valence-corrected chi connectivity index (χ4v) is 4.37. The largest absolute Gasteiger partial charge is 0.326 e. The molecule has 5 aromatic carbocycles. The molecule has 0 saturated heterocycles. The first-order chi connectivity index (χ1) is 15.3.